The number of anilines is 4. The average molecular weight is 342 g/mol. The van der Waals surface area contributed by atoms with Crippen LogP contribution in [0.1, 0.15) is 0 Å². The first kappa shape index (κ1) is 15.7. The Bertz CT molecular complexity index is 873. The Hall–Kier alpha value is -3.19. The maximum atomic E-state index is 11.5. The summed E-state index contributed by atoms with van der Waals surface area (Å²) >= 11 is 6.08. The van der Waals surface area contributed by atoms with Crippen LogP contribution in [0.5, 0.6) is 0 Å². The Balaban J connectivity index is 1.99. The van der Waals surface area contributed by atoms with E-state index in [0.717, 1.165) is 0 Å². The lowest BCUT2D eigenvalue weighted by Gasteiger charge is -2.10. The molecule has 3 rings (SSSR count). The molecule has 1 heterocycles. The van der Waals surface area contributed by atoms with E-state index < -0.39 is 4.92 Å². The Morgan fingerprint density at radius 1 is 0.917 bits per heavy atom. The highest BCUT2D eigenvalue weighted by Gasteiger charge is 2.23. The number of rotatable bonds is 5. The molecule has 0 bridgehead atoms. The van der Waals surface area contributed by atoms with Crippen molar-refractivity contribution in [3.8, 4) is 0 Å². The predicted octanol–water partition coefficient (Wildman–Crippen LogP) is 4.53. The van der Waals surface area contributed by atoms with E-state index in [1.807, 2.05) is 18.2 Å². The second-order valence-electron chi connectivity index (χ2n) is 4.77. The van der Waals surface area contributed by atoms with Crippen molar-refractivity contribution < 1.29 is 4.92 Å². The number of hydrogen-bond acceptors (Lipinski definition) is 6. The summed E-state index contributed by atoms with van der Waals surface area (Å²) in [6.07, 6.45) is 1.25. The Morgan fingerprint density at radius 3 is 2.21 bits per heavy atom. The summed E-state index contributed by atoms with van der Waals surface area (Å²) in [6.45, 7) is 0. The number of benzene rings is 2. The fourth-order valence-corrected chi connectivity index (χ4v) is 2.27. The molecule has 0 radical (unpaired) electrons. The van der Waals surface area contributed by atoms with E-state index in [2.05, 4.69) is 20.6 Å². The molecule has 0 aliphatic heterocycles. The van der Waals surface area contributed by atoms with Gasteiger partial charge in [0.1, 0.15) is 6.33 Å². The van der Waals surface area contributed by atoms with E-state index in [1.54, 1.807) is 36.4 Å². The van der Waals surface area contributed by atoms with Gasteiger partial charge in [-0.1, -0.05) is 41.9 Å². The molecule has 0 amide bonds. The fourth-order valence-electron chi connectivity index (χ4n) is 2.08. The van der Waals surface area contributed by atoms with Gasteiger partial charge in [-0.15, -0.1) is 0 Å². The van der Waals surface area contributed by atoms with Crippen LogP contribution < -0.4 is 10.6 Å². The van der Waals surface area contributed by atoms with E-state index in [-0.39, 0.29) is 17.3 Å². The van der Waals surface area contributed by atoms with Gasteiger partial charge in [0.2, 0.25) is 11.6 Å². The number of aromatic nitrogens is 2. The summed E-state index contributed by atoms with van der Waals surface area (Å²) in [4.78, 5) is 18.9. The van der Waals surface area contributed by atoms with Crippen molar-refractivity contribution >= 4 is 40.3 Å². The molecule has 2 aromatic carbocycles. The van der Waals surface area contributed by atoms with Gasteiger partial charge in [0.05, 0.1) is 15.6 Å². The molecule has 120 valence electrons. The van der Waals surface area contributed by atoms with Crippen molar-refractivity contribution in [2.75, 3.05) is 10.6 Å². The van der Waals surface area contributed by atoms with Crippen LogP contribution in [0.15, 0.2) is 60.9 Å². The van der Waals surface area contributed by atoms with Crippen LogP contribution in [0.25, 0.3) is 0 Å². The second kappa shape index (κ2) is 6.93. The van der Waals surface area contributed by atoms with Gasteiger partial charge in [-0.05, 0) is 24.3 Å². The first-order valence-corrected chi connectivity index (χ1v) is 7.36. The van der Waals surface area contributed by atoms with E-state index >= 15 is 0 Å². The van der Waals surface area contributed by atoms with Gasteiger partial charge in [-0.2, -0.15) is 0 Å². The Kier molecular flexibility index (Phi) is 4.53. The van der Waals surface area contributed by atoms with Crippen LogP contribution in [0.2, 0.25) is 5.02 Å². The molecule has 0 atom stereocenters. The molecule has 3 aromatic rings. The van der Waals surface area contributed by atoms with Gasteiger partial charge in [0, 0.05) is 5.69 Å². The van der Waals surface area contributed by atoms with E-state index in [9.17, 15) is 10.1 Å². The van der Waals surface area contributed by atoms with Gasteiger partial charge >= 0.3 is 5.69 Å². The monoisotopic (exact) mass is 341 g/mol. The standard InChI is InChI=1S/C16H12ClN5O2/c17-12-8-4-5-9-13(12)21-16-14(22(23)24)15(18-10-19-16)20-11-6-2-1-3-7-11/h1-10H,(H2,18,19,20,21). The summed E-state index contributed by atoms with van der Waals surface area (Å²) < 4.78 is 0. The second-order valence-corrected chi connectivity index (χ2v) is 5.18. The molecule has 2 N–H and O–H groups in total. The van der Waals surface area contributed by atoms with Gasteiger partial charge in [-0.25, -0.2) is 9.97 Å². The molecular weight excluding hydrogens is 330 g/mol. The number of halogens is 1. The van der Waals surface area contributed by atoms with Crippen LogP contribution in [0.4, 0.5) is 28.7 Å². The van der Waals surface area contributed by atoms with Gasteiger partial charge in [-0.3, -0.25) is 10.1 Å². The highest BCUT2D eigenvalue weighted by molar-refractivity contribution is 6.33. The normalized spacial score (nSPS) is 10.2. The van der Waals surface area contributed by atoms with Crippen LogP contribution in [0, 0.1) is 10.1 Å². The van der Waals surface area contributed by atoms with Crippen molar-refractivity contribution in [2.24, 2.45) is 0 Å². The molecule has 0 fully saturated rings. The summed E-state index contributed by atoms with van der Waals surface area (Å²) in [5.41, 5.74) is 0.941. The number of para-hydroxylation sites is 2. The number of nitrogens with one attached hydrogen (secondary N) is 2. The smallest absolute Gasteiger partial charge is 0.334 e. The summed E-state index contributed by atoms with van der Waals surface area (Å²) in [5.74, 6) is 0.150. The molecule has 0 saturated carbocycles. The zero-order valence-corrected chi connectivity index (χ0v) is 13.1. The SMILES string of the molecule is O=[N+]([O-])c1c(Nc2ccccc2)ncnc1Nc1ccccc1Cl. The van der Waals surface area contributed by atoms with E-state index in [4.69, 9.17) is 11.6 Å². The van der Waals surface area contributed by atoms with Crippen molar-refractivity contribution in [2.45, 2.75) is 0 Å². The zero-order valence-electron chi connectivity index (χ0n) is 12.3. The van der Waals surface area contributed by atoms with E-state index in [0.29, 0.717) is 16.4 Å². The lowest BCUT2D eigenvalue weighted by molar-refractivity contribution is -0.383. The molecule has 0 aliphatic rings. The molecule has 0 saturated heterocycles. The molecule has 0 unspecified atom stereocenters. The van der Waals surface area contributed by atoms with Gasteiger partial charge < -0.3 is 10.6 Å². The topological polar surface area (TPSA) is 93.0 Å². The highest BCUT2D eigenvalue weighted by Crippen LogP contribution is 2.34. The fraction of sp³-hybridized carbons (Fsp3) is 0. The lowest BCUT2D eigenvalue weighted by Crippen LogP contribution is -2.05. The van der Waals surface area contributed by atoms with Crippen LogP contribution in [-0.4, -0.2) is 14.9 Å². The first-order valence-electron chi connectivity index (χ1n) is 6.98. The summed E-state index contributed by atoms with van der Waals surface area (Å²) in [6, 6.07) is 16.0. The first-order chi connectivity index (χ1) is 11.6. The number of nitrogens with zero attached hydrogens (tertiary/aromatic N) is 3. The lowest BCUT2D eigenvalue weighted by atomic mass is 10.3. The minimum atomic E-state index is -0.537. The minimum Gasteiger partial charge on any atom is -0.334 e. The molecule has 24 heavy (non-hydrogen) atoms. The molecular formula is C16H12ClN5O2. The van der Waals surface area contributed by atoms with Crippen molar-refractivity contribution in [1.29, 1.82) is 0 Å². The molecule has 0 aliphatic carbocycles. The minimum absolute atomic E-state index is 0.0570. The van der Waals surface area contributed by atoms with Gasteiger partial charge in [0.15, 0.2) is 0 Å². The Labute approximate surface area is 142 Å². The predicted molar refractivity (Wildman–Crippen MR) is 93.1 cm³/mol. The third kappa shape index (κ3) is 3.41. The molecule has 8 heteroatoms. The summed E-state index contributed by atoms with van der Waals surface area (Å²) in [7, 11) is 0. The quantitative estimate of drug-likeness (QED) is 0.523. The van der Waals surface area contributed by atoms with Crippen molar-refractivity contribution in [1.82, 2.24) is 9.97 Å². The largest absolute Gasteiger partial charge is 0.353 e. The van der Waals surface area contributed by atoms with Crippen molar-refractivity contribution in [3.63, 3.8) is 0 Å². The third-order valence-electron chi connectivity index (χ3n) is 3.17. The molecule has 7 nitrogen and oxygen atoms in total. The average Bonchev–Trinajstić information content (AvgIpc) is 2.58. The Morgan fingerprint density at radius 2 is 1.54 bits per heavy atom. The summed E-state index contributed by atoms with van der Waals surface area (Å²) in [5, 5.41) is 17.8. The van der Waals surface area contributed by atoms with Crippen LogP contribution in [0.3, 0.4) is 0 Å². The maximum Gasteiger partial charge on any atom is 0.353 e. The van der Waals surface area contributed by atoms with Gasteiger partial charge in [0.25, 0.3) is 0 Å². The number of hydrogen-bond donors (Lipinski definition) is 2. The third-order valence-corrected chi connectivity index (χ3v) is 3.50. The van der Waals surface area contributed by atoms with E-state index in [1.165, 1.54) is 6.33 Å². The highest BCUT2D eigenvalue weighted by atomic mass is 35.5. The van der Waals surface area contributed by atoms with Crippen molar-refractivity contribution in [3.05, 3.63) is 76.1 Å². The number of nitro groups is 1. The van der Waals surface area contributed by atoms with Crippen LogP contribution >= 0.6 is 11.6 Å². The molecule has 0 spiro atoms. The maximum absolute atomic E-state index is 11.5. The molecule has 1 aromatic heterocycles. The van der Waals surface area contributed by atoms with Crippen LogP contribution in [-0.2, 0) is 0 Å². The zero-order chi connectivity index (χ0) is 16.9.